The Kier molecular flexibility index (Phi) is 5.41. The van der Waals surface area contributed by atoms with Gasteiger partial charge in [-0.3, -0.25) is 13.8 Å². The molecule has 1 rings (SSSR count). The average molecular weight is 249 g/mol. The monoisotopic (exact) mass is 249 g/mol. The van der Waals surface area contributed by atoms with Crippen LogP contribution in [-0.2, 0) is 25.1 Å². The smallest absolute Gasteiger partial charge is 0.316 e. The molecular formula is C9H15NO5S. The fourth-order valence-corrected chi connectivity index (χ4v) is 2.20. The standard InChI is InChI=1S/C9H15NO5S/c11-8(5-16(14)6-9(12)13)10-7-1-3-15-4-2-7/h7H,1-6H2,(H,10,11)(H,12,13). The van der Waals surface area contributed by atoms with Crippen LogP contribution in [0.1, 0.15) is 12.8 Å². The Labute approximate surface area is 95.8 Å². The summed E-state index contributed by atoms with van der Waals surface area (Å²) >= 11 is 0. The van der Waals surface area contributed by atoms with Crippen LogP contribution >= 0.6 is 0 Å². The number of amides is 1. The maximum atomic E-state index is 11.4. The summed E-state index contributed by atoms with van der Waals surface area (Å²) in [5.74, 6) is -2.24. The number of hydrogen-bond acceptors (Lipinski definition) is 4. The lowest BCUT2D eigenvalue weighted by Gasteiger charge is -2.22. The lowest BCUT2D eigenvalue weighted by molar-refractivity contribution is -0.133. The molecule has 1 aliphatic heterocycles. The van der Waals surface area contributed by atoms with Gasteiger partial charge in [-0.25, -0.2) is 0 Å². The van der Waals surface area contributed by atoms with E-state index in [1.807, 2.05) is 0 Å². The Morgan fingerprint density at radius 2 is 1.94 bits per heavy atom. The molecule has 1 fully saturated rings. The minimum absolute atomic E-state index is 0.0584. The van der Waals surface area contributed by atoms with E-state index in [9.17, 15) is 13.8 Å². The van der Waals surface area contributed by atoms with E-state index in [2.05, 4.69) is 5.32 Å². The highest BCUT2D eigenvalue weighted by atomic mass is 32.2. The van der Waals surface area contributed by atoms with Crippen LogP contribution in [0.4, 0.5) is 0 Å². The highest BCUT2D eigenvalue weighted by Gasteiger charge is 2.18. The van der Waals surface area contributed by atoms with E-state index in [-0.39, 0.29) is 17.7 Å². The number of aliphatic carboxylic acids is 1. The molecule has 0 spiro atoms. The fourth-order valence-electron chi connectivity index (χ4n) is 1.45. The van der Waals surface area contributed by atoms with Gasteiger partial charge in [-0.05, 0) is 12.8 Å². The molecule has 0 aromatic rings. The van der Waals surface area contributed by atoms with Gasteiger partial charge < -0.3 is 15.2 Å². The SMILES string of the molecule is O=C(O)CS(=O)CC(=O)NC1CCOCC1. The maximum absolute atomic E-state index is 11.4. The molecule has 2 N–H and O–H groups in total. The van der Waals surface area contributed by atoms with Gasteiger partial charge in [0.1, 0.15) is 11.5 Å². The second-order valence-corrected chi connectivity index (χ2v) is 5.03. The van der Waals surface area contributed by atoms with Gasteiger partial charge in [0, 0.05) is 30.1 Å². The summed E-state index contributed by atoms with van der Waals surface area (Å²) in [6, 6.07) is 0.0584. The highest BCUT2D eigenvalue weighted by molar-refractivity contribution is 7.86. The molecule has 7 heteroatoms. The largest absolute Gasteiger partial charge is 0.481 e. The first-order valence-corrected chi connectivity index (χ1v) is 6.50. The highest BCUT2D eigenvalue weighted by Crippen LogP contribution is 2.05. The first-order valence-electron chi connectivity index (χ1n) is 5.02. The van der Waals surface area contributed by atoms with Crippen LogP contribution in [0.3, 0.4) is 0 Å². The number of ether oxygens (including phenoxy) is 1. The van der Waals surface area contributed by atoms with Crippen molar-refractivity contribution in [2.75, 3.05) is 24.7 Å². The summed E-state index contributed by atoms with van der Waals surface area (Å²) < 4.78 is 16.3. The third-order valence-corrected chi connectivity index (χ3v) is 3.32. The number of hydrogen-bond donors (Lipinski definition) is 2. The number of carbonyl (C=O) groups is 2. The zero-order valence-corrected chi connectivity index (χ0v) is 9.62. The molecule has 0 bridgehead atoms. The van der Waals surface area contributed by atoms with Crippen molar-refractivity contribution in [2.45, 2.75) is 18.9 Å². The van der Waals surface area contributed by atoms with Crippen molar-refractivity contribution in [1.29, 1.82) is 0 Å². The molecule has 1 unspecified atom stereocenters. The Bertz CT molecular complexity index is 288. The van der Waals surface area contributed by atoms with Gasteiger partial charge in [0.05, 0.1) is 0 Å². The van der Waals surface area contributed by atoms with Crippen molar-refractivity contribution in [1.82, 2.24) is 5.32 Å². The number of rotatable bonds is 5. The average Bonchev–Trinajstić information content (AvgIpc) is 2.17. The summed E-state index contributed by atoms with van der Waals surface area (Å²) in [6.07, 6.45) is 1.49. The van der Waals surface area contributed by atoms with E-state index in [4.69, 9.17) is 9.84 Å². The summed E-state index contributed by atoms with van der Waals surface area (Å²) in [6.45, 7) is 1.23. The van der Waals surface area contributed by atoms with Crippen LogP contribution in [0.25, 0.3) is 0 Å². The lowest BCUT2D eigenvalue weighted by atomic mass is 10.1. The van der Waals surface area contributed by atoms with E-state index in [0.29, 0.717) is 13.2 Å². The molecule has 0 aromatic heterocycles. The maximum Gasteiger partial charge on any atom is 0.316 e. The number of nitrogens with one attached hydrogen (secondary N) is 1. The molecular weight excluding hydrogens is 234 g/mol. The Balaban J connectivity index is 2.24. The quantitative estimate of drug-likeness (QED) is 0.659. The third-order valence-electron chi connectivity index (χ3n) is 2.16. The molecule has 1 amide bonds. The molecule has 1 aliphatic rings. The first kappa shape index (κ1) is 13.1. The number of carboxylic acids is 1. The van der Waals surface area contributed by atoms with Crippen LogP contribution in [0.5, 0.6) is 0 Å². The van der Waals surface area contributed by atoms with Gasteiger partial charge in [0.2, 0.25) is 5.91 Å². The lowest BCUT2D eigenvalue weighted by Crippen LogP contribution is -2.41. The molecule has 0 saturated carbocycles. The molecule has 92 valence electrons. The van der Waals surface area contributed by atoms with Crippen LogP contribution in [0, 0.1) is 0 Å². The van der Waals surface area contributed by atoms with E-state index >= 15 is 0 Å². The van der Waals surface area contributed by atoms with Gasteiger partial charge in [-0.15, -0.1) is 0 Å². The zero-order valence-electron chi connectivity index (χ0n) is 8.81. The van der Waals surface area contributed by atoms with Crippen molar-refractivity contribution in [2.24, 2.45) is 0 Å². The second-order valence-electron chi connectivity index (χ2n) is 3.58. The molecule has 1 heterocycles. The summed E-state index contributed by atoms with van der Waals surface area (Å²) in [4.78, 5) is 21.6. The normalized spacial score (nSPS) is 19.0. The molecule has 1 atom stereocenters. The van der Waals surface area contributed by atoms with Gasteiger partial charge in [-0.1, -0.05) is 0 Å². The number of carbonyl (C=O) groups excluding carboxylic acids is 1. The van der Waals surface area contributed by atoms with Crippen LogP contribution in [-0.4, -0.2) is 52.0 Å². The van der Waals surface area contributed by atoms with Crippen molar-refractivity contribution in [3.05, 3.63) is 0 Å². The van der Waals surface area contributed by atoms with Crippen molar-refractivity contribution in [3.8, 4) is 0 Å². The summed E-state index contributed by atoms with van der Waals surface area (Å²) in [5, 5.41) is 11.1. The van der Waals surface area contributed by atoms with E-state index in [0.717, 1.165) is 12.8 Å². The summed E-state index contributed by atoms with van der Waals surface area (Å²) in [5.41, 5.74) is 0. The molecule has 0 aromatic carbocycles. The van der Waals surface area contributed by atoms with Crippen molar-refractivity contribution in [3.63, 3.8) is 0 Å². The van der Waals surface area contributed by atoms with Crippen LogP contribution < -0.4 is 5.32 Å². The van der Waals surface area contributed by atoms with Gasteiger partial charge in [-0.2, -0.15) is 0 Å². The first-order chi connectivity index (χ1) is 7.58. The second kappa shape index (κ2) is 6.59. The van der Waals surface area contributed by atoms with Gasteiger partial charge in [0.15, 0.2) is 0 Å². The van der Waals surface area contributed by atoms with Crippen molar-refractivity contribution >= 4 is 22.7 Å². The van der Waals surface area contributed by atoms with Crippen molar-refractivity contribution < 1.29 is 23.6 Å². The topological polar surface area (TPSA) is 92.7 Å². The Hall–Kier alpha value is -0.950. The molecule has 1 saturated heterocycles. The van der Waals surface area contributed by atoms with Crippen LogP contribution in [0.15, 0.2) is 0 Å². The fraction of sp³-hybridized carbons (Fsp3) is 0.778. The summed E-state index contributed by atoms with van der Waals surface area (Å²) in [7, 11) is -1.63. The predicted octanol–water partition coefficient (Wildman–Crippen LogP) is -0.885. The zero-order chi connectivity index (χ0) is 12.0. The van der Waals surface area contributed by atoms with E-state index in [1.54, 1.807) is 0 Å². The molecule has 0 radical (unpaired) electrons. The van der Waals surface area contributed by atoms with Gasteiger partial charge >= 0.3 is 5.97 Å². The minimum Gasteiger partial charge on any atom is -0.481 e. The van der Waals surface area contributed by atoms with E-state index in [1.165, 1.54) is 0 Å². The Morgan fingerprint density at radius 3 is 2.50 bits per heavy atom. The third kappa shape index (κ3) is 5.22. The minimum atomic E-state index is -1.63. The van der Waals surface area contributed by atoms with E-state index < -0.39 is 22.5 Å². The molecule has 6 nitrogen and oxygen atoms in total. The number of carboxylic acid groups (broad SMARTS) is 1. The Morgan fingerprint density at radius 1 is 1.31 bits per heavy atom. The molecule has 16 heavy (non-hydrogen) atoms. The molecule has 0 aliphatic carbocycles. The van der Waals surface area contributed by atoms with Crippen LogP contribution in [0.2, 0.25) is 0 Å². The van der Waals surface area contributed by atoms with Gasteiger partial charge in [0.25, 0.3) is 0 Å². The predicted molar refractivity (Wildman–Crippen MR) is 57.5 cm³/mol.